The molecule has 0 saturated heterocycles. The van der Waals surface area contributed by atoms with Gasteiger partial charge in [0.25, 0.3) is 0 Å². The molecule has 1 aromatic heterocycles. The van der Waals surface area contributed by atoms with E-state index < -0.39 is 5.60 Å². The topological polar surface area (TPSA) is 33.1 Å². The Morgan fingerprint density at radius 2 is 2.00 bits per heavy atom. The predicted octanol–water partition coefficient (Wildman–Crippen LogP) is 3.58. The lowest BCUT2D eigenvalue weighted by atomic mass is 9.81. The molecule has 2 nitrogen and oxygen atoms in total. The van der Waals surface area contributed by atoms with Crippen molar-refractivity contribution in [2.75, 3.05) is 0 Å². The highest BCUT2D eigenvalue weighted by molar-refractivity contribution is 5.36. The van der Waals surface area contributed by atoms with Crippen molar-refractivity contribution in [1.29, 1.82) is 0 Å². The first kappa shape index (κ1) is 13.3. The Kier molecular flexibility index (Phi) is 3.35. The minimum absolute atomic E-state index is 0.0891. The molecule has 0 fully saturated rings. The first-order valence-electron chi connectivity index (χ1n) is 7.38. The zero-order valence-corrected chi connectivity index (χ0v) is 12.1. The van der Waals surface area contributed by atoms with Gasteiger partial charge in [-0.05, 0) is 48.9 Å². The van der Waals surface area contributed by atoms with E-state index in [0.717, 1.165) is 30.5 Å². The molecule has 0 amide bonds. The summed E-state index contributed by atoms with van der Waals surface area (Å²) in [5, 5.41) is 11.1. The number of rotatable bonds is 3. The monoisotopic (exact) mass is 267 g/mol. The number of aliphatic hydroxyl groups is 1. The Balaban J connectivity index is 1.96. The van der Waals surface area contributed by atoms with E-state index in [9.17, 15) is 5.11 Å². The van der Waals surface area contributed by atoms with Gasteiger partial charge in [0.1, 0.15) is 0 Å². The van der Waals surface area contributed by atoms with Crippen molar-refractivity contribution in [3.05, 3.63) is 65.0 Å². The van der Waals surface area contributed by atoms with Crippen molar-refractivity contribution in [3.63, 3.8) is 0 Å². The van der Waals surface area contributed by atoms with Crippen LogP contribution >= 0.6 is 0 Å². The quantitative estimate of drug-likeness (QED) is 0.922. The van der Waals surface area contributed by atoms with Crippen LogP contribution in [0, 0.1) is 0 Å². The predicted molar refractivity (Wildman–Crippen MR) is 80.7 cm³/mol. The summed E-state index contributed by atoms with van der Waals surface area (Å²) < 4.78 is 0. The van der Waals surface area contributed by atoms with Crippen molar-refractivity contribution in [2.45, 2.75) is 44.6 Å². The van der Waals surface area contributed by atoms with Gasteiger partial charge in [0.15, 0.2) is 0 Å². The van der Waals surface area contributed by atoms with Crippen molar-refractivity contribution in [3.8, 4) is 0 Å². The molecule has 20 heavy (non-hydrogen) atoms. The molecule has 1 aromatic carbocycles. The fourth-order valence-electron chi connectivity index (χ4n) is 3.24. The molecule has 2 unspecified atom stereocenters. The number of aryl methyl sites for hydroxylation is 2. The average Bonchev–Trinajstić information content (AvgIpc) is 2.92. The zero-order chi connectivity index (χ0) is 14.2. The van der Waals surface area contributed by atoms with Gasteiger partial charge in [-0.2, -0.15) is 0 Å². The highest BCUT2D eigenvalue weighted by atomic mass is 16.3. The van der Waals surface area contributed by atoms with Gasteiger partial charge in [-0.15, -0.1) is 0 Å². The summed E-state index contributed by atoms with van der Waals surface area (Å²) in [7, 11) is 0. The maximum Gasteiger partial charge on any atom is 0.0952 e. The Hall–Kier alpha value is -1.67. The van der Waals surface area contributed by atoms with Gasteiger partial charge >= 0.3 is 0 Å². The van der Waals surface area contributed by atoms with Crippen LogP contribution in [0.5, 0.6) is 0 Å². The summed E-state index contributed by atoms with van der Waals surface area (Å²) in [6, 6.07) is 12.4. The minimum atomic E-state index is -0.855. The van der Waals surface area contributed by atoms with Crippen LogP contribution < -0.4 is 0 Å². The normalized spacial score (nSPS) is 20.4. The second kappa shape index (κ2) is 5.02. The molecule has 1 N–H and O–H groups in total. The van der Waals surface area contributed by atoms with Gasteiger partial charge in [-0.3, -0.25) is 4.98 Å². The second-order valence-electron chi connectivity index (χ2n) is 5.84. The summed E-state index contributed by atoms with van der Waals surface area (Å²) in [5.74, 6) is 0.0891. The highest BCUT2D eigenvalue weighted by Gasteiger charge is 2.39. The molecule has 0 saturated carbocycles. The van der Waals surface area contributed by atoms with Gasteiger partial charge in [0.05, 0.1) is 5.60 Å². The van der Waals surface area contributed by atoms with E-state index >= 15 is 0 Å². The van der Waals surface area contributed by atoms with E-state index in [1.54, 1.807) is 0 Å². The van der Waals surface area contributed by atoms with E-state index in [1.807, 2.05) is 19.2 Å². The van der Waals surface area contributed by atoms with Crippen LogP contribution in [0.4, 0.5) is 0 Å². The summed E-state index contributed by atoms with van der Waals surface area (Å²) in [6.07, 6.45) is 4.83. The highest BCUT2D eigenvalue weighted by Crippen LogP contribution is 2.44. The number of aromatic nitrogens is 1. The third kappa shape index (κ3) is 2.14. The van der Waals surface area contributed by atoms with E-state index in [4.69, 9.17) is 0 Å². The molecule has 1 heterocycles. The van der Waals surface area contributed by atoms with Gasteiger partial charge in [0, 0.05) is 17.8 Å². The van der Waals surface area contributed by atoms with Crippen LogP contribution in [0.25, 0.3) is 0 Å². The molecule has 0 spiro atoms. The molecule has 3 rings (SSSR count). The number of pyridine rings is 1. The lowest BCUT2D eigenvalue weighted by Crippen LogP contribution is -2.29. The van der Waals surface area contributed by atoms with E-state index in [0.29, 0.717) is 0 Å². The minimum Gasteiger partial charge on any atom is -0.385 e. The lowest BCUT2D eigenvalue weighted by molar-refractivity contribution is 0.0256. The van der Waals surface area contributed by atoms with E-state index in [-0.39, 0.29) is 5.92 Å². The summed E-state index contributed by atoms with van der Waals surface area (Å²) >= 11 is 0. The van der Waals surface area contributed by atoms with Gasteiger partial charge in [-0.25, -0.2) is 0 Å². The summed E-state index contributed by atoms with van der Waals surface area (Å²) in [6.45, 7) is 4.06. The lowest BCUT2D eigenvalue weighted by Gasteiger charge is -2.31. The largest absolute Gasteiger partial charge is 0.385 e. The maximum atomic E-state index is 11.1. The first-order chi connectivity index (χ1) is 9.63. The van der Waals surface area contributed by atoms with Crippen molar-refractivity contribution in [1.82, 2.24) is 4.98 Å². The zero-order valence-electron chi connectivity index (χ0n) is 12.1. The second-order valence-corrected chi connectivity index (χ2v) is 5.84. The number of fused-ring (bicyclic) bond motifs is 1. The number of benzene rings is 1. The molecule has 0 aliphatic heterocycles. The summed E-state index contributed by atoms with van der Waals surface area (Å²) in [4.78, 5) is 4.51. The molecular weight excluding hydrogens is 246 g/mol. The third-order valence-corrected chi connectivity index (χ3v) is 4.58. The van der Waals surface area contributed by atoms with Crippen LogP contribution in [0.2, 0.25) is 0 Å². The SMILES string of the molecule is CCc1ccc(C(C)(O)C2CCc3cccnc32)cc1. The van der Waals surface area contributed by atoms with Crippen molar-refractivity contribution < 1.29 is 5.11 Å². The molecule has 2 heteroatoms. The summed E-state index contributed by atoms with van der Waals surface area (Å²) in [5.41, 5.74) is 3.78. The Bertz CT molecular complexity index is 601. The van der Waals surface area contributed by atoms with Crippen LogP contribution in [-0.2, 0) is 18.4 Å². The van der Waals surface area contributed by atoms with E-state index in [1.165, 1.54) is 11.1 Å². The smallest absolute Gasteiger partial charge is 0.0952 e. The number of nitrogens with zero attached hydrogens (tertiary/aromatic N) is 1. The molecule has 2 atom stereocenters. The average molecular weight is 267 g/mol. The molecule has 2 aromatic rings. The van der Waals surface area contributed by atoms with Gasteiger partial charge in [-0.1, -0.05) is 37.3 Å². The Labute approximate surface area is 120 Å². The first-order valence-corrected chi connectivity index (χ1v) is 7.38. The number of hydrogen-bond acceptors (Lipinski definition) is 2. The molecule has 1 aliphatic carbocycles. The van der Waals surface area contributed by atoms with Crippen LogP contribution in [-0.4, -0.2) is 10.1 Å². The molecule has 1 aliphatic rings. The van der Waals surface area contributed by atoms with Gasteiger partial charge in [0.2, 0.25) is 0 Å². The fourth-order valence-corrected chi connectivity index (χ4v) is 3.24. The van der Waals surface area contributed by atoms with Gasteiger partial charge < -0.3 is 5.11 Å². The molecular formula is C18H21NO. The molecule has 0 bridgehead atoms. The maximum absolute atomic E-state index is 11.1. The molecule has 104 valence electrons. The van der Waals surface area contributed by atoms with E-state index in [2.05, 4.69) is 42.2 Å². The third-order valence-electron chi connectivity index (χ3n) is 4.58. The van der Waals surface area contributed by atoms with Crippen LogP contribution in [0.1, 0.15) is 48.6 Å². The molecule has 0 radical (unpaired) electrons. The fraction of sp³-hybridized carbons (Fsp3) is 0.389. The Morgan fingerprint density at radius 3 is 2.70 bits per heavy atom. The Morgan fingerprint density at radius 1 is 1.25 bits per heavy atom. The standard InChI is InChI=1S/C18H21NO/c1-3-13-6-9-15(10-7-13)18(2,20)16-11-8-14-5-4-12-19-17(14)16/h4-7,9-10,12,16,20H,3,8,11H2,1-2H3. The van der Waals surface area contributed by atoms with Crippen molar-refractivity contribution >= 4 is 0 Å². The van der Waals surface area contributed by atoms with Crippen LogP contribution in [0.15, 0.2) is 42.6 Å². The number of hydrogen-bond donors (Lipinski definition) is 1. The van der Waals surface area contributed by atoms with Crippen LogP contribution in [0.3, 0.4) is 0 Å². The van der Waals surface area contributed by atoms with Crippen molar-refractivity contribution in [2.24, 2.45) is 0 Å².